The maximum Gasteiger partial charge on any atom is 0.315 e. The molecule has 0 aliphatic carbocycles. The Labute approximate surface area is 109 Å². The number of rotatable bonds is 5. The largest absolute Gasteiger partial charge is 0.406 e. The van der Waals surface area contributed by atoms with E-state index in [1.165, 1.54) is 0 Å². The Hall–Kier alpha value is -2.44. The molecule has 2 aromatic heterocycles. The van der Waals surface area contributed by atoms with Gasteiger partial charge in [-0.25, -0.2) is 4.68 Å². The highest BCUT2D eigenvalue weighted by Gasteiger charge is 2.09. The van der Waals surface area contributed by atoms with E-state index in [1.54, 1.807) is 4.68 Å². The zero-order valence-corrected chi connectivity index (χ0v) is 10.6. The first-order valence-electron chi connectivity index (χ1n) is 6.21. The highest BCUT2D eigenvalue weighted by atomic mass is 16.4. The van der Waals surface area contributed by atoms with Gasteiger partial charge in [-0.05, 0) is 18.6 Å². The minimum absolute atomic E-state index is 0.418. The van der Waals surface area contributed by atoms with E-state index < -0.39 is 0 Å². The normalized spacial score (nSPS) is 11.0. The van der Waals surface area contributed by atoms with Gasteiger partial charge in [0, 0.05) is 6.54 Å². The predicted molar refractivity (Wildman–Crippen MR) is 69.7 cm³/mol. The number of aromatic nitrogens is 5. The minimum atomic E-state index is 0.418. The molecule has 0 bridgehead atoms. The van der Waals surface area contributed by atoms with Crippen molar-refractivity contribution in [2.75, 3.05) is 11.9 Å². The number of nitrogens with one attached hydrogen (secondary N) is 1. The van der Waals surface area contributed by atoms with Crippen LogP contribution in [0, 0.1) is 0 Å². The molecule has 0 amide bonds. The van der Waals surface area contributed by atoms with Gasteiger partial charge in [0.25, 0.3) is 0 Å². The van der Waals surface area contributed by atoms with Crippen LogP contribution in [0.3, 0.4) is 0 Å². The minimum Gasteiger partial charge on any atom is -0.406 e. The molecule has 7 nitrogen and oxygen atoms in total. The summed E-state index contributed by atoms with van der Waals surface area (Å²) < 4.78 is 7.23. The van der Waals surface area contributed by atoms with Crippen LogP contribution in [0.1, 0.15) is 19.2 Å². The molecular formula is C12H14N6O. The van der Waals surface area contributed by atoms with Gasteiger partial charge in [0.2, 0.25) is 5.89 Å². The summed E-state index contributed by atoms with van der Waals surface area (Å²) in [6, 6.07) is 8.20. The summed E-state index contributed by atoms with van der Waals surface area (Å²) in [6.45, 7) is 3.31. The third-order valence-electron chi connectivity index (χ3n) is 2.70. The molecule has 0 atom stereocenters. The quantitative estimate of drug-likeness (QED) is 0.749. The van der Waals surface area contributed by atoms with E-state index >= 15 is 0 Å². The van der Waals surface area contributed by atoms with Crippen LogP contribution in [0.2, 0.25) is 0 Å². The summed E-state index contributed by atoms with van der Waals surface area (Å²) in [4.78, 5) is 0. The fraction of sp³-hybridized carbons (Fsp3) is 0.333. The summed E-state index contributed by atoms with van der Waals surface area (Å²) >= 11 is 0. The summed E-state index contributed by atoms with van der Waals surface area (Å²) in [5.74, 6) is 0.509. The highest BCUT2D eigenvalue weighted by molar-refractivity contribution is 5.73. The van der Waals surface area contributed by atoms with Gasteiger partial charge in [0.15, 0.2) is 0 Å². The Morgan fingerprint density at radius 1 is 1.21 bits per heavy atom. The molecule has 19 heavy (non-hydrogen) atoms. The molecule has 0 saturated heterocycles. The van der Waals surface area contributed by atoms with E-state index in [0.29, 0.717) is 18.5 Å². The van der Waals surface area contributed by atoms with E-state index in [2.05, 4.69) is 32.7 Å². The van der Waals surface area contributed by atoms with Crippen molar-refractivity contribution in [3.05, 3.63) is 30.2 Å². The molecule has 0 unspecified atom stereocenters. The lowest BCUT2D eigenvalue weighted by Gasteiger charge is -1.98. The van der Waals surface area contributed by atoms with Crippen molar-refractivity contribution in [2.24, 2.45) is 0 Å². The van der Waals surface area contributed by atoms with E-state index in [0.717, 1.165) is 24.0 Å². The molecule has 0 saturated carbocycles. The molecular weight excluding hydrogens is 244 g/mol. The number of hydrogen-bond acceptors (Lipinski definition) is 6. The van der Waals surface area contributed by atoms with E-state index in [1.807, 2.05) is 24.3 Å². The average Bonchev–Trinajstić information content (AvgIpc) is 3.05. The molecule has 7 heteroatoms. The number of benzene rings is 1. The fourth-order valence-electron chi connectivity index (χ4n) is 1.78. The van der Waals surface area contributed by atoms with Gasteiger partial charge in [-0.2, -0.15) is 0 Å². The van der Waals surface area contributed by atoms with Crippen LogP contribution in [0.5, 0.6) is 0 Å². The molecule has 0 aliphatic rings. The van der Waals surface area contributed by atoms with E-state index in [4.69, 9.17) is 4.42 Å². The molecule has 0 radical (unpaired) electrons. The SMILES string of the molecule is CCCNc1nnc(Cn2nnc3ccccc32)o1. The summed E-state index contributed by atoms with van der Waals surface area (Å²) in [6.07, 6.45) is 1.01. The number of nitrogens with zero attached hydrogens (tertiary/aromatic N) is 5. The van der Waals surface area contributed by atoms with Crippen molar-refractivity contribution in [2.45, 2.75) is 19.9 Å². The van der Waals surface area contributed by atoms with Gasteiger partial charge >= 0.3 is 6.01 Å². The van der Waals surface area contributed by atoms with Gasteiger partial charge in [-0.15, -0.1) is 10.2 Å². The summed E-state index contributed by atoms with van der Waals surface area (Å²) in [5.41, 5.74) is 1.80. The molecule has 0 spiro atoms. The first-order chi connectivity index (χ1) is 9.36. The molecule has 3 aromatic rings. The van der Waals surface area contributed by atoms with Crippen LogP contribution < -0.4 is 5.32 Å². The molecule has 3 rings (SSSR count). The lowest BCUT2D eigenvalue weighted by molar-refractivity contribution is 0.473. The van der Waals surface area contributed by atoms with Crippen LogP contribution in [0.25, 0.3) is 11.0 Å². The van der Waals surface area contributed by atoms with Crippen molar-refractivity contribution >= 4 is 17.0 Å². The van der Waals surface area contributed by atoms with Gasteiger partial charge in [0.05, 0.1) is 5.52 Å². The topological polar surface area (TPSA) is 81.7 Å². The Morgan fingerprint density at radius 3 is 3.00 bits per heavy atom. The van der Waals surface area contributed by atoms with E-state index in [-0.39, 0.29) is 0 Å². The van der Waals surface area contributed by atoms with Gasteiger partial charge in [-0.1, -0.05) is 29.4 Å². The molecule has 98 valence electrons. The van der Waals surface area contributed by atoms with Crippen molar-refractivity contribution < 1.29 is 4.42 Å². The summed E-state index contributed by atoms with van der Waals surface area (Å²) in [5, 5.41) is 19.1. The first kappa shape index (κ1) is 11.6. The van der Waals surface area contributed by atoms with Crippen molar-refractivity contribution in [3.63, 3.8) is 0 Å². The highest BCUT2D eigenvalue weighted by Crippen LogP contribution is 2.12. The Balaban J connectivity index is 1.79. The maximum atomic E-state index is 5.49. The van der Waals surface area contributed by atoms with Crippen molar-refractivity contribution in [3.8, 4) is 0 Å². The van der Waals surface area contributed by atoms with Crippen LogP contribution >= 0.6 is 0 Å². The van der Waals surface area contributed by atoms with Gasteiger partial charge in [0.1, 0.15) is 12.1 Å². The zero-order valence-electron chi connectivity index (χ0n) is 10.6. The Bertz CT molecular complexity index is 673. The number of para-hydroxylation sites is 1. The number of hydrogen-bond donors (Lipinski definition) is 1. The summed E-state index contributed by atoms with van der Waals surface area (Å²) in [7, 11) is 0. The molecule has 1 N–H and O–H groups in total. The lowest BCUT2D eigenvalue weighted by Crippen LogP contribution is -2.02. The van der Waals surface area contributed by atoms with Crippen LogP contribution in [0.15, 0.2) is 28.7 Å². The molecule has 1 aromatic carbocycles. The average molecular weight is 258 g/mol. The van der Waals surface area contributed by atoms with Crippen LogP contribution in [-0.4, -0.2) is 31.7 Å². The standard InChI is InChI=1S/C12H14N6O/c1-2-7-13-12-16-15-11(19-12)8-18-10-6-4-3-5-9(10)14-17-18/h3-6H,2,7-8H2,1H3,(H,13,16). The monoisotopic (exact) mass is 258 g/mol. The number of fused-ring (bicyclic) bond motifs is 1. The predicted octanol–water partition coefficient (Wildman–Crippen LogP) is 1.68. The van der Waals surface area contributed by atoms with Gasteiger partial charge in [-0.3, -0.25) is 0 Å². The number of anilines is 1. The molecule has 2 heterocycles. The Kier molecular flexibility index (Phi) is 3.09. The molecule has 0 fully saturated rings. The second-order valence-corrected chi connectivity index (χ2v) is 4.16. The smallest absolute Gasteiger partial charge is 0.315 e. The zero-order chi connectivity index (χ0) is 13.1. The van der Waals surface area contributed by atoms with Crippen molar-refractivity contribution in [1.82, 2.24) is 25.2 Å². The van der Waals surface area contributed by atoms with Gasteiger partial charge < -0.3 is 9.73 Å². The Morgan fingerprint density at radius 2 is 2.11 bits per heavy atom. The lowest BCUT2D eigenvalue weighted by atomic mass is 10.3. The fourth-order valence-corrected chi connectivity index (χ4v) is 1.78. The van der Waals surface area contributed by atoms with Crippen LogP contribution in [0.4, 0.5) is 6.01 Å². The first-order valence-corrected chi connectivity index (χ1v) is 6.21. The third-order valence-corrected chi connectivity index (χ3v) is 2.70. The van der Waals surface area contributed by atoms with Crippen LogP contribution in [-0.2, 0) is 6.54 Å². The van der Waals surface area contributed by atoms with Crippen molar-refractivity contribution in [1.29, 1.82) is 0 Å². The maximum absolute atomic E-state index is 5.49. The van der Waals surface area contributed by atoms with E-state index in [9.17, 15) is 0 Å². The molecule has 0 aliphatic heterocycles. The second-order valence-electron chi connectivity index (χ2n) is 4.16. The third kappa shape index (κ3) is 2.40. The second kappa shape index (κ2) is 5.05.